The number of benzene rings is 1. The van der Waals surface area contributed by atoms with Crippen molar-refractivity contribution in [1.82, 2.24) is 0 Å². The van der Waals surface area contributed by atoms with Crippen LogP contribution in [0.1, 0.15) is 18.1 Å². The fourth-order valence-electron chi connectivity index (χ4n) is 1.48. The number of rotatable bonds is 0. The first-order chi connectivity index (χ1) is 5.27. The molecule has 1 radical (unpaired) electrons. The molecule has 0 N–H and O–H groups in total. The average Bonchev–Trinajstić information content (AvgIpc) is 2.31. The Bertz CT molecular complexity index is 278. The first kappa shape index (κ1) is 7.23. The summed E-state index contributed by atoms with van der Waals surface area (Å²) in [7, 11) is 0. The molecule has 1 aliphatic heterocycles. The third kappa shape index (κ3) is 1.18. The summed E-state index contributed by atoms with van der Waals surface area (Å²) >= 11 is 1.93. The molecule has 1 aliphatic rings. The lowest BCUT2D eigenvalue weighted by Crippen LogP contribution is -1.82. The maximum absolute atomic E-state index is 2.23. The lowest BCUT2D eigenvalue weighted by molar-refractivity contribution is 1.09. The summed E-state index contributed by atoms with van der Waals surface area (Å²) in [6.45, 7) is 4.40. The lowest BCUT2D eigenvalue weighted by atomic mass is 10.1. The van der Waals surface area contributed by atoms with Crippen LogP contribution < -0.4 is 0 Å². The molecule has 0 spiro atoms. The van der Waals surface area contributed by atoms with Crippen LogP contribution in [0.25, 0.3) is 0 Å². The highest BCUT2D eigenvalue weighted by molar-refractivity contribution is 8.02. The van der Waals surface area contributed by atoms with Crippen molar-refractivity contribution in [3.63, 3.8) is 0 Å². The molecule has 1 heteroatoms. The fraction of sp³-hybridized carbons (Fsp3) is 0.300. The van der Waals surface area contributed by atoms with Gasteiger partial charge in [0.15, 0.2) is 0 Å². The zero-order valence-corrected chi connectivity index (χ0v) is 7.66. The number of fused-ring (bicyclic) bond motifs is 1. The molecule has 0 aromatic heterocycles. The van der Waals surface area contributed by atoms with Gasteiger partial charge in [0.2, 0.25) is 0 Å². The van der Waals surface area contributed by atoms with E-state index in [-0.39, 0.29) is 0 Å². The van der Waals surface area contributed by atoms with Crippen LogP contribution in [0.3, 0.4) is 0 Å². The minimum absolute atomic E-state index is 1.17. The van der Waals surface area contributed by atoms with Crippen molar-refractivity contribution < 1.29 is 0 Å². The molecule has 0 amide bonds. The van der Waals surface area contributed by atoms with Crippen LogP contribution in [0.4, 0.5) is 0 Å². The van der Waals surface area contributed by atoms with Crippen LogP contribution in [0.5, 0.6) is 0 Å². The van der Waals surface area contributed by atoms with Crippen LogP contribution in [0.15, 0.2) is 23.1 Å². The SMILES string of the molecule is C[C]1Cc2cccc(C)c2S1. The van der Waals surface area contributed by atoms with Crippen molar-refractivity contribution in [2.75, 3.05) is 0 Å². The number of aryl methyl sites for hydroxylation is 1. The van der Waals surface area contributed by atoms with Gasteiger partial charge in [-0.1, -0.05) is 18.2 Å². The van der Waals surface area contributed by atoms with Gasteiger partial charge in [-0.25, -0.2) is 0 Å². The molecule has 1 aromatic rings. The summed E-state index contributed by atoms with van der Waals surface area (Å²) in [6, 6.07) is 6.56. The molecule has 0 fully saturated rings. The Morgan fingerprint density at radius 3 is 2.82 bits per heavy atom. The minimum Gasteiger partial charge on any atom is -0.117 e. The summed E-state index contributed by atoms with van der Waals surface area (Å²) in [6.07, 6.45) is 1.17. The van der Waals surface area contributed by atoms with Gasteiger partial charge in [0.25, 0.3) is 0 Å². The van der Waals surface area contributed by atoms with Crippen molar-refractivity contribution in [2.24, 2.45) is 0 Å². The Labute approximate surface area is 72.0 Å². The molecule has 0 aliphatic carbocycles. The van der Waals surface area contributed by atoms with Gasteiger partial charge in [0.1, 0.15) is 0 Å². The summed E-state index contributed by atoms with van der Waals surface area (Å²) in [5, 5.41) is 1.52. The third-order valence-corrected chi connectivity index (χ3v) is 3.29. The smallest absolute Gasteiger partial charge is 0.0370 e. The van der Waals surface area contributed by atoms with Gasteiger partial charge >= 0.3 is 0 Å². The molecule has 0 saturated carbocycles. The van der Waals surface area contributed by atoms with Crippen molar-refractivity contribution in [1.29, 1.82) is 0 Å². The molecule has 1 heterocycles. The van der Waals surface area contributed by atoms with Gasteiger partial charge < -0.3 is 0 Å². The second-order valence-electron chi connectivity index (χ2n) is 3.04. The van der Waals surface area contributed by atoms with Crippen molar-refractivity contribution in [2.45, 2.75) is 25.2 Å². The zero-order valence-electron chi connectivity index (χ0n) is 6.85. The van der Waals surface area contributed by atoms with E-state index in [2.05, 4.69) is 32.0 Å². The minimum atomic E-state index is 1.17. The molecule has 0 nitrogen and oxygen atoms in total. The van der Waals surface area contributed by atoms with E-state index in [1.165, 1.54) is 27.7 Å². The van der Waals surface area contributed by atoms with E-state index < -0.39 is 0 Å². The first-order valence-electron chi connectivity index (χ1n) is 3.86. The Morgan fingerprint density at radius 2 is 2.09 bits per heavy atom. The molecular formula is C10H11S. The highest BCUT2D eigenvalue weighted by Crippen LogP contribution is 2.42. The van der Waals surface area contributed by atoms with E-state index >= 15 is 0 Å². The predicted octanol–water partition coefficient (Wildman–Crippen LogP) is 3.20. The summed E-state index contributed by atoms with van der Waals surface area (Å²) in [4.78, 5) is 1.49. The fourth-order valence-corrected chi connectivity index (χ4v) is 2.55. The van der Waals surface area contributed by atoms with Crippen molar-refractivity contribution in [3.05, 3.63) is 34.6 Å². The normalized spacial score (nSPS) is 16.9. The van der Waals surface area contributed by atoms with Gasteiger partial charge in [-0.3, -0.25) is 0 Å². The number of hydrogen-bond donors (Lipinski definition) is 0. The molecular weight excluding hydrogens is 152 g/mol. The molecule has 0 atom stereocenters. The largest absolute Gasteiger partial charge is 0.117 e. The van der Waals surface area contributed by atoms with Crippen LogP contribution in [0.2, 0.25) is 0 Å². The maximum atomic E-state index is 2.23. The van der Waals surface area contributed by atoms with E-state index in [0.717, 1.165) is 0 Å². The Hall–Kier alpha value is -0.430. The second kappa shape index (κ2) is 2.56. The second-order valence-corrected chi connectivity index (χ2v) is 4.35. The molecule has 57 valence electrons. The lowest BCUT2D eigenvalue weighted by Gasteiger charge is -2.00. The monoisotopic (exact) mass is 163 g/mol. The average molecular weight is 163 g/mol. The van der Waals surface area contributed by atoms with Crippen LogP contribution >= 0.6 is 11.8 Å². The highest BCUT2D eigenvalue weighted by atomic mass is 32.2. The zero-order chi connectivity index (χ0) is 7.84. The van der Waals surface area contributed by atoms with Crippen LogP contribution in [0, 0.1) is 12.2 Å². The number of thioether (sulfide) groups is 1. The third-order valence-electron chi connectivity index (χ3n) is 2.01. The summed E-state index contributed by atoms with van der Waals surface area (Å²) in [5.74, 6) is 0. The summed E-state index contributed by atoms with van der Waals surface area (Å²) in [5.41, 5.74) is 2.93. The van der Waals surface area contributed by atoms with Gasteiger partial charge in [-0.15, -0.1) is 11.8 Å². The van der Waals surface area contributed by atoms with Gasteiger partial charge in [-0.2, -0.15) is 0 Å². The van der Waals surface area contributed by atoms with E-state index in [4.69, 9.17) is 0 Å². The molecule has 0 unspecified atom stereocenters. The van der Waals surface area contributed by atoms with Gasteiger partial charge in [0.05, 0.1) is 0 Å². The van der Waals surface area contributed by atoms with E-state index in [1.54, 1.807) is 0 Å². The predicted molar refractivity (Wildman–Crippen MR) is 49.7 cm³/mol. The van der Waals surface area contributed by atoms with E-state index in [0.29, 0.717) is 0 Å². The molecule has 11 heavy (non-hydrogen) atoms. The van der Waals surface area contributed by atoms with Gasteiger partial charge in [0, 0.05) is 10.1 Å². The Morgan fingerprint density at radius 1 is 1.27 bits per heavy atom. The topological polar surface area (TPSA) is 0 Å². The van der Waals surface area contributed by atoms with Crippen molar-refractivity contribution in [3.8, 4) is 0 Å². The maximum Gasteiger partial charge on any atom is 0.0370 e. The first-order valence-corrected chi connectivity index (χ1v) is 4.68. The molecule has 2 rings (SSSR count). The van der Waals surface area contributed by atoms with Crippen molar-refractivity contribution >= 4 is 11.8 Å². The quantitative estimate of drug-likeness (QED) is 0.566. The molecule has 0 bridgehead atoms. The van der Waals surface area contributed by atoms with Crippen LogP contribution in [-0.2, 0) is 6.42 Å². The van der Waals surface area contributed by atoms with Gasteiger partial charge in [-0.05, 0) is 31.4 Å². The van der Waals surface area contributed by atoms with E-state index in [9.17, 15) is 0 Å². The standard InChI is InChI=1S/C10H11S/c1-7-4-3-5-9-6-8(2)11-10(7)9/h3-5H,6H2,1-2H3. The molecule has 1 aromatic carbocycles. The van der Waals surface area contributed by atoms with Crippen LogP contribution in [-0.4, -0.2) is 0 Å². The molecule has 0 saturated heterocycles. The highest BCUT2D eigenvalue weighted by Gasteiger charge is 2.19. The Balaban J connectivity index is 2.49. The van der Waals surface area contributed by atoms with E-state index in [1.807, 2.05) is 11.8 Å². The number of hydrogen-bond acceptors (Lipinski definition) is 1. The summed E-state index contributed by atoms with van der Waals surface area (Å²) < 4.78 is 0. The Kier molecular flexibility index (Phi) is 1.68.